The van der Waals surface area contributed by atoms with E-state index in [-0.39, 0.29) is 11.9 Å². The molecule has 0 spiro atoms. The Kier molecular flexibility index (Phi) is 4.88. The Morgan fingerprint density at radius 1 is 1.04 bits per heavy atom. The molecule has 1 aromatic heterocycles. The molecule has 1 aliphatic heterocycles. The molecule has 0 aliphatic carbocycles. The second-order valence-corrected chi connectivity index (χ2v) is 6.74. The summed E-state index contributed by atoms with van der Waals surface area (Å²) in [5, 5.41) is 4.41. The molecule has 3 rings (SSSR count). The van der Waals surface area contributed by atoms with Crippen molar-refractivity contribution >= 4 is 11.6 Å². The van der Waals surface area contributed by atoms with Crippen molar-refractivity contribution in [3.63, 3.8) is 0 Å². The maximum absolute atomic E-state index is 12.7. The van der Waals surface area contributed by atoms with Gasteiger partial charge in [-0.3, -0.25) is 9.48 Å². The van der Waals surface area contributed by atoms with Gasteiger partial charge in [0.2, 0.25) is 0 Å². The zero-order chi connectivity index (χ0) is 17.1. The van der Waals surface area contributed by atoms with Gasteiger partial charge in [0, 0.05) is 44.1 Å². The van der Waals surface area contributed by atoms with Gasteiger partial charge in [-0.15, -0.1) is 0 Å². The number of amides is 1. The SMILES string of the molecule is Cc1ccc(N2CCCN(C(=O)c3ccn(C(C)C)n3)CC2)cc1. The lowest BCUT2D eigenvalue weighted by Gasteiger charge is -2.23. The number of benzene rings is 1. The van der Waals surface area contributed by atoms with Crippen LogP contribution in [0.15, 0.2) is 36.5 Å². The van der Waals surface area contributed by atoms with Crippen molar-refractivity contribution in [2.75, 3.05) is 31.1 Å². The summed E-state index contributed by atoms with van der Waals surface area (Å²) in [6.45, 7) is 9.59. The molecule has 2 aromatic rings. The molecule has 2 heterocycles. The van der Waals surface area contributed by atoms with Gasteiger partial charge in [-0.1, -0.05) is 17.7 Å². The fraction of sp³-hybridized carbons (Fsp3) is 0.474. The Hall–Kier alpha value is -2.30. The third-order valence-corrected chi connectivity index (χ3v) is 4.54. The van der Waals surface area contributed by atoms with Gasteiger partial charge >= 0.3 is 0 Å². The lowest BCUT2D eigenvalue weighted by Crippen LogP contribution is -2.35. The van der Waals surface area contributed by atoms with Gasteiger partial charge in [-0.2, -0.15) is 5.10 Å². The molecule has 0 bridgehead atoms. The third-order valence-electron chi connectivity index (χ3n) is 4.54. The number of hydrogen-bond acceptors (Lipinski definition) is 3. The predicted molar refractivity (Wildman–Crippen MR) is 96.5 cm³/mol. The normalized spacial score (nSPS) is 15.7. The average molecular weight is 326 g/mol. The van der Waals surface area contributed by atoms with Gasteiger partial charge in [-0.25, -0.2) is 0 Å². The fourth-order valence-corrected chi connectivity index (χ4v) is 3.04. The van der Waals surface area contributed by atoms with Crippen molar-refractivity contribution < 1.29 is 4.79 Å². The average Bonchev–Trinajstić information content (AvgIpc) is 2.94. The molecule has 1 fully saturated rings. The number of nitrogens with zero attached hydrogens (tertiary/aromatic N) is 4. The number of aromatic nitrogens is 2. The zero-order valence-corrected chi connectivity index (χ0v) is 14.8. The van der Waals surface area contributed by atoms with Crippen LogP contribution in [0, 0.1) is 6.92 Å². The zero-order valence-electron chi connectivity index (χ0n) is 14.8. The first-order chi connectivity index (χ1) is 11.5. The smallest absolute Gasteiger partial charge is 0.274 e. The largest absolute Gasteiger partial charge is 0.370 e. The van der Waals surface area contributed by atoms with Crippen LogP contribution in [0.3, 0.4) is 0 Å². The lowest BCUT2D eigenvalue weighted by molar-refractivity contribution is 0.0760. The molecule has 128 valence electrons. The molecular weight excluding hydrogens is 300 g/mol. The van der Waals surface area contributed by atoms with E-state index in [0.717, 1.165) is 32.6 Å². The maximum atomic E-state index is 12.7. The third kappa shape index (κ3) is 3.61. The fourth-order valence-electron chi connectivity index (χ4n) is 3.04. The van der Waals surface area contributed by atoms with Crippen molar-refractivity contribution in [2.24, 2.45) is 0 Å². The number of rotatable bonds is 3. The van der Waals surface area contributed by atoms with E-state index in [0.29, 0.717) is 5.69 Å². The molecule has 0 radical (unpaired) electrons. The highest BCUT2D eigenvalue weighted by Crippen LogP contribution is 2.18. The van der Waals surface area contributed by atoms with Gasteiger partial charge in [0.25, 0.3) is 5.91 Å². The summed E-state index contributed by atoms with van der Waals surface area (Å²) in [5.41, 5.74) is 3.05. The van der Waals surface area contributed by atoms with Crippen LogP contribution in [0.2, 0.25) is 0 Å². The van der Waals surface area contributed by atoms with E-state index in [1.165, 1.54) is 11.3 Å². The predicted octanol–water partition coefficient (Wildman–Crippen LogP) is 3.12. The number of aryl methyl sites for hydroxylation is 1. The van der Waals surface area contributed by atoms with Crippen molar-refractivity contribution in [1.82, 2.24) is 14.7 Å². The van der Waals surface area contributed by atoms with Gasteiger partial charge in [-0.05, 0) is 45.4 Å². The molecule has 1 aromatic carbocycles. The van der Waals surface area contributed by atoms with Crippen molar-refractivity contribution in [1.29, 1.82) is 0 Å². The molecule has 24 heavy (non-hydrogen) atoms. The molecular formula is C19H26N4O. The summed E-state index contributed by atoms with van der Waals surface area (Å²) < 4.78 is 1.84. The summed E-state index contributed by atoms with van der Waals surface area (Å²) in [4.78, 5) is 17.0. The molecule has 1 amide bonds. The number of anilines is 1. The van der Waals surface area contributed by atoms with E-state index in [4.69, 9.17) is 0 Å². The van der Waals surface area contributed by atoms with Crippen molar-refractivity contribution in [3.05, 3.63) is 47.8 Å². The van der Waals surface area contributed by atoms with Crippen molar-refractivity contribution in [2.45, 2.75) is 33.2 Å². The Morgan fingerprint density at radius 2 is 1.79 bits per heavy atom. The minimum absolute atomic E-state index is 0.0418. The number of carbonyl (C=O) groups is 1. The quantitative estimate of drug-likeness (QED) is 0.870. The molecule has 0 saturated carbocycles. The second kappa shape index (κ2) is 7.07. The Morgan fingerprint density at radius 3 is 2.46 bits per heavy atom. The first-order valence-corrected chi connectivity index (χ1v) is 8.70. The highest BCUT2D eigenvalue weighted by Gasteiger charge is 2.22. The lowest BCUT2D eigenvalue weighted by atomic mass is 10.2. The van der Waals surface area contributed by atoms with Crippen LogP contribution in [-0.4, -0.2) is 46.8 Å². The molecule has 0 unspecified atom stereocenters. The maximum Gasteiger partial charge on any atom is 0.274 e. The van der Waals surface area contributed by atoms with Crippen LogP contribution >= 0.6 is 0 Å². The van der Waals surface area contributed by atoms with Gasteiger partial charge in [0.1, 0.15) is 5.69 Å². The molecule has 5 nitrogen and oxygen atoms in total. The monoisotopic (exact) mass is 326 g/mol. The number of hydrogen-bond donors (Lipinski definition) is 0. The Bertz CT molecular complexity index is 690. The van der Waals surface area contributed by atoms with Crippen LogP contribution < -0.4 is 4.90 Å². The molecule has 1 aliphatic rings. The summed E-state index contributed by atoms with van der Waals surface area (Å²) in [7, 11) is 0. The van der Waals surface area contributed by atoms with E-state index in [1.807, 2.05) is 21.8 Å². The Labute approximate surface area is 143 Å². The van der Waals surface area contributed by atoms with Crippen LogP contribution in [0.4, 0.5) is 5.69 Å². The van der Waals surface area contributed by atoms with Gasteiger partial charge in [0.15, 0.2) is 0 Å². The van der Waals surface area contributed by atoms with Crippen LogP contribution in [0.1, 0.15) is 42.4 Å². The molecule has 5 heteroatoms. The van der Waals surface area contributed by atoms with E-state index < -0.39 is 0 Å². The highest BCUT2D eigenvalue weighted by atomic mass is 16.2. The minimum Gasteiger partial charge on any atom is -0.370 e. The summed E-state index contributed by atoms with van der Waals surface area (Å²) in [6, 6.07) is 10.7. The van der Waals surface area contributed by atoms with E-state index in [9.17, 15) is 4.79 Å². The van der Waals surface area contributed by atoms with Crippen LogP contribution in [0.5, 0.6) is 0 Å². The molecule has 0 atom stereocenters. The van der Waals surface area contributed by atoms with E-state index in [2.05, 4.69) is 55.0 Å². The van der Waals surface area contributed by atoms with Crippen LogP contribution in [0.25, 0.3) is 0 Å². The topological polar surface area (TPSA) is 41.4 Å². The molecule has 1 saturated heterocycles. The summed E-state index contributed by atoms with van der Waals surface area (Å²) in [6.07, 6.45) is 2.86. The summed E-state index contributed by atoms with van der Waals surface area (Å²) >= 11 is 0. The molecule has 0 N–H and O–H groups in total. The van der Waals surface area contributed by atoms with Crippen LogP contribution in [-0.2, 0) is 0 Å². The first-order valence-electron chi connectivity index (χ1n) is 8.70. The number of carbonyl (C=O) groups excluding carboxylic acids is 1. The van der Waals surface area contributed by atoms with Gasteiger partial charge < -0.3 is 9.80 Å². The van der Waals surface area contributed by atoms with Crippen molar-refractivity contribution in [3.8, 4) is 0 Å². The first kappa shape index (κ1) is 16.6. The van der Waals surface area contributed by atoms with E-state index >= 15 is 0 Å². The van der Waals surface area contributed by atoms with Gasteiger partial charge in [0.05, 0.1) is 0 Å². The van der Waals surface area contributed by atoms with E-state index in [1.54, 1.807) is 0 Å². The minimum atomic E-state index is 0.0418. The highest BCUT2D eigenvalue weighted by molar-refractivity contribution is 5.92. The Balaban J connectivity index is 1.66. The second-order valence-electron chi connectivity index (χ2n) is 6.74. The standard InChI is InChI=1S/C19H26N4O/c1-15(2)23-12-9-18(20-23)19(24)22-11-4-10-21(13-14-22)17-7-5-16(3)6-8-17/h5-9,12,15H,4,10-11,13-14H2,1-3H3. The summed E-state index contributed by atoms with van der Waals surface area (Å²) in [5.74, 6) is 0.0418.